The first kappa shape index (κ1) is 15.4. The molecule has 7 heteroatoms. The summed E-state index contributed by atoms with van der Waals surface area (Å²) in [6.07, 6.45) is 3.36. The van der Waals surface area contributed by atoms with Crippen molar-refractivity contribution in [2.24, 2.45) is 5.73 Å². The van der Waals surface area contributed by atoms with Gasteiger partial charge in [-0.25, -0.2) is 0 Å². The Morgan fingerprint density at radius 1 is 1.40 bits per heavy atom. The predicted molar refractivity (Wildman–Crippen MR) is 83.8 cm³/mol. The topological polar surface area (TPSA) is 60.0 Å². The number of aromatic nitrogens is 3. The molecule has 0 aliphatic heterocycles. The largest absolute Gasteiger partial charge is 0.318 e. The molecule has 1 atom stereocenters. The van der Waals surface area contributed by atoms with Crippen LogP contribution in [-0.4, -0.2) is 40.3 Å². The zero-order valence-electron chi connectivity index (χ0n) is 11.4. The quantitative estimate of drug-likeness (QED) is 0.891. The van der Waals surface area contributed by atoms with Crippen LogP contribution in [0.2, 0.25) is 5.02 Å². The number of hydrogen-bond donors (Lipinski definition) is 1. The molecule has 0 radical (unpaired) electrons. The summed E-state index contributed by atoms with van der Waals surface area (Å²) in [6.45, 7) is 1.60. The maximum Gasteiger partial charge on any atom is 0.0912 e. The molecule has 2 rings (SSSR count). The summed E-state index contributed by atoms with van der Waals surface area (Å²) in [6, 6.07) is 3.41. The van der Waals surface area contributed by atoms with Crippen molar-refractivity contribution in [3.63, 3.8) is 0 Å². The van der Waals surface area contributed by atoms with Gasteiger partial charge in [0.15, 0.2) is 0 Å². The third-order valence-corrected chi connectivity index (χ3v) is 3.72. The summed E-state index contributed by atoms with van der Waals surface area (Å²) < 4.78 is 2.76. The number of pyridine rings is 1. The molecule has 2 N–H and O–H groups in total. The van der Waals surface area contributed by atoms with E-state index in [4.69, 9.17) is 17.3 Å². The Labute approximate surface area is 131 Å². The van der Waals surface area contributed by atoms with Gasteiger partial charge in [0.05, 0.1) is 35.2 Å². The van der Waals surface area contributed by atoms with Gasteiger partial charge in [-0.3, -0.25) is 9.67 Å². The molecule has 0 aromatic carbocycles. The lowest BCUT2D eigenvalue weighted by Crippen LogP contribution is -2.24. The maximum absolute atomic E-state index is 6.28. The van der Waals surface area contributed by atoms with Gasteiger partial charge in [-0.2, -0.15) is 5.10 Å². The van der Waals surface area contributed by atoms with Crippen LogP contribution in [0.25, 0.3) is 0 Å². The van der Waals surface area contributed by atoms with E-state index in [1.807, 2.05) is 30.9 Å². The summed E-state index contributed by atoms with van der Waals surface area (Å²) in [5, 5.41) is 4.86. The van der Waals surface area contributed by atoms with Gasteiger partial charge in [-0.1, -0.05) is 11.6 Å². The Bertz CT molecular complexity index is 567. The minimum atomic E-state index is -0.389. The smallest absolute Gasteiger partial charge is 0.0912 e. The maximum atomic E-state index is 6.28. The first-order valence-electron chi connectivity index (χ1n) is 6.22. The lowest BCUT2D eigenvalue weighted by molar-refractivity contribution is 0.368. The van der Waals surface area contributed by atoms with Crippen molar-refractivity contribution in [1.29, 1.82) is 0 Å². The number of nitrogens with zero attached hydrogens (tertiary/aromatic N) is 4. The first-order chi connectivity index (χ1) is 9.49. The van der Waals surface area contributed by atoms with E-state index in [1.165, 1.54) is 0 Å². The minimum Gasteiger partial charge on any atom is -0.318 e. The number of halogens is 2. The van der Waals surface area contributed by atoms with E-state index >= 15 is 0 Å². The van der Waals surface area contributed by atoms with Crippen LogP contribution in [0, 0.1) is 0 Å². The lowest BCUT2D eigenvalue weighted by Gasteiger charge is -2.16. The predicted octanol–water partition coefficient (Wildman–Crippen LogP) is 2.30. The molecule has 0 aliphatic rings. The number of nitrogens with two attached hydrogens (primary N) is 1. The van der Waals surface area contributed by atoms with Crippen LogP contribution in [0.5, 0.6) is 0 Å². The monoisotopic (exact) mass is 357 g/mol. The van der Waals surface area contributed by atoms with Crippen LogP contribution in [-0.2, 0) is 6.54 Å². The fourth-order valence-corrected chi connectivity index (χ4v) is 2.36. The zero-order valence-corrected chi connectivity index (χ0v) is 13.8. The highest BCUT2D eigenvalue weighted by Gasteiger charge is 2.19. The van der Waals surface area contributed by atoms with Crippen molar-refractivity contribution in [2.75, 3.05) is 20.6 Å². The van der Waals surface area contributed by atoms with Crippen molar-refractivity contribution in [2.45, 2.75) is 12.6 Å². The Balaban J connectivity index is 2.26. The minimum absolute atomic E-state index is 0.389. The summed E-state index contributed by atoms with van der Waals surface area (Å²) in [5.41, 5.74) is 7.84. The van der Waals surface area contributed by atoms with Crippen molar-refractivity contribution < 1.29 is 0 Å². The van der Waals surface area contributed by atoms with Crippen molar-refractivity contribution in [1.82, 2.24) is 19.7 Å². The first-order valence-corrected chi connectivity index (χ1v) is 7.39. The molecular formula is C13H17BrClN5. The molecule has 2 heterocycles. The number of rotatable bonds is 5. The van der Waals surface area contributed by atoms with Crippen LogP contribution < -0.4 is 5.73 Å². The molecule has 1 unspecified atom stereocenters. The molecule has 0 bridgehead atoms. The van der Waals surface area contributed by atoms with Gasteiger partial charge in [0.2, 0.25) is 0 Å². The average molecular weight is 359 g/mol. The SMILES string of the molecule is CN(C)CCn1ncc(Cl)c1C(N)c1ccc(Br)cn1. The molecule has 0 spiro atoms. The van der Waals surface area contributed by atoms with Crippen molar-refractivity contribution in [3.05, 3.63) is 45.4 Å². The van der Waals surface area contributed by atoms with E-state index in [2.05, 4.69) is 30.9 Å². The van der Waals surface area contributed by atoms with Crippen LogP contribution in [0.3, 0.4) is 0 Å². The van der Waals surface area contributed by atoms with Crippen molar-refractivity contribution >= 4 is 27.5 Å². The highest BCUT2D eigenvalue weighted by atomic mass is 79.9. The Kier molecular flexibility index (Phi) is 5.15. The van der Waals surface area contributed by atoms with Crippen LogP contribution in [0.4, 0.5) is 0 Å². The third kappa shape index (κ3) is 3.58. The molecule has 0 saturated heterocycles. The highest BCUT2D eigenvalue weighted by molar-refractivity contribution is 9.10. The second kappa shape index (κ2) is 6.67. The molecule has 2 aromatic rings. The fourth-order valence-electron chi connectivity index (χ4n) is 1.87. The molecule has 20 heavy (non-hydrogen) atoms. The highest BCUT2D eigenvalue weighted by Crippen LogP contribution is 2.25. The van der Waals surface area contributed by atoms with Gasteiger partial charge >= 0.3 is 0 Å². The standard InChI is InChI=1S/C13H17BrClN5/c1-19(2)5-6-20-13(10(15)8-18-20)12(16)11-4-3-9(14)7-17-11/h3-4,7-8,12H,5-6,16H2,1-2H3. The van der Waals surface area contributed by atoms with E-state index < -0.39 is 0 Å². The molecule has 0 fully saturated rings. The summed E-state index contributed by atoms with van der Waals surface area (Å²) in [7, 11) is 4.03. The van der Waals surface area contributed by atoms with E-state index in [1.54, 1.807) is 12.4 Å². The average Bonchev–Trinajstić information content (AvgIpc) is 2.77. The van der Waals surface area contributed by atoms with E-state index in [9.17, 15) is 0 Å². The Morgan fingerprint density at radius 3 is 2.75 bits per heavy atom. The van der Waals surface area contributed by atoms with Crippen LogP contribution >= 0.6 is 27.5 Å². The number of hydrogen-bond acceptors (Lipinski definition) is 4. The zero-order chi connectivity index (χ0) is 14.7. The Morgan fingerprint density at radius 2 is 2.15 bits per heavy atom. The van der Waals surface area contributed by atoms with Gasteiger partial charge in [0.1, 0.15) is 0 Å². The Hall–Kier alpha value is -0.950. The van der Waals surface area contributed by atoms with Crippen molar-refractivity contribution in [3.8, 4) is 0 Å². The summed E-state index contributed by atoms with van der Waals surface area (Å²) in [4.78, 5) is 6.42. The van der Waals surface area contributed by atoms with E-state index in [0.717, 1.165) is 29.0 Å². The van der Waals surface area contributed by atoms with E-state index in [0.29, 0.717) is 5.02 Å². The second-order valence-electron chi connectivity index (χ2n) is 4.78. The molecule has 0 amide bonds. The van der Waals surface area contributed by atoms with Crippen LogP contribution in [0.1, 0.15) is 17.4 Å². The third-order valence-electron chi connectivity index (χ3n) is 2.96. The molecule has 108 valence electrons. The van der Waals surface area contributed by atoms with Crippen LogP contribution in [0.15, 0.2) is 29.0 Å². The van der Waals surface area contributed by atoms with Gasteiger partial charge < -0.3 is 10.6 Å². The normalized spacial score (nSPS) is 12.9. The summed E-state index contributed by atoms with van der Waals surface area (Å²) in [5.74, 6) is 0. The summed E-state index contributed by atoms with van der Waals surface area (Å²) >= 11 is 9.58. The van der Waals surface area contributed by atoms with Gasteiger partial charge in [0.25, 0.3) is 0 Å². The number of likely N-dealkylation sites (N-methyl/N-ethyl adjacent to an activating group) is 1. The molecule has 5 nitrogen and oxygen atoms in total. The van der Waals surface area contributed by atoms with E-state index in [-0.39, 0.29) is 6.04 Å². The molecule has 0 saturated carbocycles. The van der Waals surface area contributed by atoms with Gasteiger partial charge in [-0.05, 0) is 42.2 Å². The molecular weight excluding hydrogens is 342 g/mol. The fraction of sp³-hybridized carbons (Fsp3) is 0.385. The lowest BCUT2D eigenvalue weighted by atomic mass is 10.1. The molecule has 0 aliphatic carbocycles. The molecule has 2 aromatic heterocycles. The second-order valence-corrected chi connectivity index (χ2v) is 6.11. The van der Waals surface area contributed by atoms with Gasteiger partial charge in [0, 0.05) is 17.2 Å². The van der Waals surface area contributed by atoms with Gasteiger partial charge in [-0.15, -0.1) is 0 Å².